The van der Waals surface area contributed by atoms with Crippen LogP contribution >= 0.6 is 0 Å². The summed E-state index contributed by atoms with van der Waals surface area (Å²) in [5, 5.41) is 8.59. The second-order valence-electron chi connectivity index (χ2n) is 3.00. The van der Waals surface area contributed by atoms with Crippen LogP contribution in [0.25, 0.3) is 0 Å². The fourth-order valence-corrected chi connectivity index (χ4v) is 1.15. The molecule has 0 amide bonds. The van der Waals surface area contributed by atoms with E-state index in [0.29, 0.717) is 0 Å². The van der Waals surface area contributed by atoms with Gasteiger partial charge in [0.25, 0.3) is 0 Å². The molecule has 0 aromatic carbocycles. The average Bonchev–Trinajstić information content (AvgIpc) is 2.61. The molecule has 14 heavy (non-hydrogen) atoms. The van der Waals surface area contributed by atoms with E-state index < -0.39 is 5.97 Å². The molecule has 0 fully saturated rings. The minimum atomic E-state index is -1.02. The zero-order valence-electron chi connectivity index (χ0n) is 8.12. The third kappa shape index (κ3) is 3.18. The number of nitrogens with zero attached hydrogens (tertiary/aromatic N) is 1. The summed E-state index contributed by atoms with van der Waals surface area (Å²) in [4.78, 5) is 17.0. The fraction of sp³-hybridized carbons (Fsp3) is 0.556. The lowest BCUT2D eigenvalue weighted by Gasteiger charge is -1.96. The average molecular weight is 198 g/mol. The number of H-pyrrole nitrogens is 1. The molecule has 1 aromatic rings. The van der Waals surface area contributed by atoms with E-state index in [1.807, 2.05) is 0 Å². The monoisotopic (exact) mass is 198 g/mol. The first kappa shape index (κ1) is 10.7. The van der Waals surface area contributed by atoms with Crippen LogP contribution in [0.3, 0.4) is 0 Å². The highest BCUT2D eigenvalue weighted by Gasteiger charge is 2.07. The fourth-order valence-electron chi connectivity index (χ4n) is 1.15. The van der Waals surface area contributed by atoms with E-state index in [9.17, 15) is 4.79 Å². The number of rotatable bonds is 6. The highest BCUT2D eigenvalue weighted by atomic mass is 16.5. The van der Waals surface area contributed by atoms with Gasteiger partial charge in [0, 0.05) is 19.9 Å². The Bertz CT molecular complexity index is 296. The number of imidazole rings is 1. The first-order valence-electron chi connectivity index (χ1n) is 4.50. The van der Waals surface area contributed by atoms with E-state index in [0.717, 1.165) is 31.6 Å². The van der Waals surface area contributed by atoms with Crippen molar-refractivity contribution in [1.29, 1.82) is 0 Å². The Morgan fingerprint density at radius 3 is 3.00 bits per heavy atom. The molecule has 0 aliphatic heterocycles. The maximum Gasteiger partial charge on any atom is 0.371 e. The Balaban J connectivity index is 2.33. The molecular weight excluding hydrogens is 184 g/mol. The standard InChI is InChI=1S/C9H14N2O3/c1-14-5-3-2-4-7-6-10-8(11-7)9(12)13/h6H,2-5H2,1H3,(H,10,11)(H,12,13). The van der Waals surface area contributed by atoms with Gasteiger partial charge in [-0.15, -0.1) is 0 Å². The molecule has 0 radical (unpaired) electrons. The molecule has 1 aromatic heterocycles. The lowest BCUT2D eigenvalue weighted by atomic mass is 10.2. The number of aromatic amines is 1. The summed E-state index contributed by atoms with van der Waals surface area (Å²) in [5.74, 6) is -1.01. The van der Waals surface area contributed by atoms with E-state index in [2.05, 4.69) is 9.97 Å². The van der Waals surface area contributed by atoms with Crippen molar-refractivity contribution in [3.63, 3.8) is 0 Å². The van der Waals surface area contributed by atoms with Gasteiger partial charge in [0.2, 0.25) is 5.82 Å². The molecule has 0 saturated heterocycles. The zero-order chi connectivity index (χ0) is 10.4. The van der Waals surface area contributed by atoms with E-state index in [1.165, 1.54) is 0 Å². The number of hydrogen-bond donors (Lipinski definition) is 2. The molecule has 1 rings (SSSR count). The molecule has 1 heterocycles. The van der Waals surface area contributed by atoms with Gasteiger partial charge in [-0.25, -0.2) is 9.78 Å². The number of carboxylic acid groups (broad SMARTS) is 1. The van der Waals surface area contributed by atoms with Crippen LogP contribution in [0.2, 0.25) is 0 Å². The maximum absolute atomic E-state index is 10.5. The van der Waals surface area contributed by atoms with Crippen LogP contribution in [0.4, 0.5) is 0 Å². The number of carbonyl (C=O) groups is 1. The van der Waals surface area contributed by atoms with Crippen molar-refractivity contribution in [1.82, 2.24) is 9.97 Å². The number of nitrogens with one attached hydrogen (secondary N) is 1. The summed E-state index contributed by atoms with van der Waals surface area (Å²) in [6.07, 6.45) is 4.34. The summed E-state index contributed by atoms with van der Waals surface area (Å²) >= 11 is 0. The van der Waals surface area contributed by atoms with Crippen molar-refractivity contribution in [2.75, 3.05) is 13.7 Å². The van der Waals surface area contributed by atoms with Crippen LogP contribution in [-0.2, 0) is 11.2 Å². The smallest absolute Gasteiger partial charge is 0.371 e. The van der Waals surface area contributed by atoms with Crippen LogP contribution in [-0.4, -0.2) is 34.8 Å². The largest absolute Gasteiger partial charge is 0.475 e. The Morgan fingerprint density at radius 1 is 1.64 bits per heavy atom. The van der Waals surface area contributed by atoms with Gasteiger partial charge >= 0.3 is 5.97 Å². The number of aryl methyl sites for hydroxylation is 1. The number of hydrogen-bond acceptors (Lipinski definition) is 3. The molecule has 5 nitrogen and oxygen atoms in total. The predicted molar refractivity (Wildman–Crippen MR) is 50.4 cm³/mol. The highest BCUT2D eigenvalue weighted by Crippen LogP contribution is 2.03. The Kier molecular flexibility index (Phi) is 4.12. The van der Waals surface area contributed by atoms with E-state index in [1.54, 1.807) is 13.3 Å². The molecule has 0 aliphatic rings. The van der Waals surface area contributed by atoms with Crippen LogP contribution < -0.4 is 0 Å². The number of ether oxygens (including phenoxy) is 1. The minimum absolute atomic E-state index is 0.00624. The number of methoxy groups -OCH3 is 1. The Hall–Kier alpha value is -1.36. The van der Waals surface area contributed by atoms with Crippen molar-refractivity contribution >= 4 is 5.97 Å². The van der Waals surface area contributed by atoms with Crippen molar-refractivity contribution in [2.45, 2.75) is 19.3 Å². The van der Waals surface area contributed by atoms with Gasteiger partial charge in [-0.1, -0.05) is 0 Å². The minimum Gasteiger partial charge on any atom is -0.475 e. The van der Waals surface area contributed by atoms with Gasteiger partial charge in [0.15, 0.2) is 0 Å². The molecule has 2 N–H and O–H groups in total. The third-order valence-electron chi connectivity index (χ3n) is 1.86. The third-order valence-corrected chi connectivity index (χ3v) is 1.86. The molecule has 0 saturated carbocycles. The van der Waals surface area contributed by atoms with Gasteiger partial charge < -0.3 is 14.8 Å². The summed E-state index contributed by atoms with van der Waals surface area (Å²) in [6.45, 7) is 0.732. The van der Waals surface area contributed by atoms with Gasteiger partial charge in [-0.3, -0.25) is 0 Å². The molecular formula is C9H14N2O3. The SMILES string of the molecule is COCCCCc1c[nH]c(C(=O)O)n1. The van der Waals surface area contributed by atoms with Gasteiger partial charge in [-0.2, -0.15) is 0 Å². The second-order valence-corrected chi connectivity index (χ2v) is 3.00. The quantitative estimate of drug-likeness (QED) is 0.670. The van der Waals surface area contributed by atoms with E-state index in [-0.39, 0.29) is 5.82 Å². The number of aromatic carboxylic acids is 1. The molecule has 0 bridgehead atoms. The summed E-state index contributed by atoms with van der Waals surface area (Å²) < 4.78 is 4.90. The lowest BCUT2D eigenvalue weighted by molar-refractivity contribution is 0.0684. The second kappa shape index (κ2) is 5.39. The number of unbranched alkanes of at least 4 members (excludes halogenated alkanes) is 1. The summed E-state index contributed by atoms with van der Waals surface area (Å²) in [5.41, 5.74) is 0.790. The van der Waals surface area contributed by atoms with Crippen LogP contribution in [0.5, 0.6) is 0 Å². The van der Waals surface area contributed by atoms with Crippen molar-refractivity contribution < 1.29 is 14.6 Å². The van der Waals surface area contributed by atoms with Crippen molar-refractivity contribution in [2.24, 2.45) is 0 Å². The molecule has 5 heteroatoms. The van der Waals surface area contributed by atoms with E-state index in [4.69, 9.17) is 9.84 Å². The first-order valence-corrected chi connectivity index (χ1v) is 4.50. The Morgan fingerprint density at radius 2 is 2.43 bits per heavy atom. The first-order chi connectivity index (χ1) is 6.74. The topological polar surface area (TPSA) is 75.2 Å². The summed E-state index contributed by atoms with van der Waals surface area (Å²) in [7, 11) is 1.66. The Labute approximate surface area is 82.1 Å². The number of carboxylic acids is 1. The lowest BCUT2D eigenvalue weighted by Crippen LogP contribution is -1.99. The van der Waals surface area contributed by atoms with Gasteiger partial charge in [0.1, 0.15) is 0 Å². The number of aromatic nitrogens is 2. The van der Waals surface area contributed by atoms with Crippen LogP contribution in [0.1, 0.15) is 29.2 Å². The maximum atomic E-state index is 10.5. The molecule has 78 valence electrons. The zero-order valence-corrected chi connectivity index (χ0v) is 8.12. The highest BCUT2D eigenvalue weighted by molar-refractivity contribution is 5.83. The van der Waals surface area contributed by atoms with Gasteiger partial charge in [-0.05, 0) is 19.3 Å². The predicted octanol–water partition coefficient (Wildman–Crippen LogP) is 1.08. The van der Waals surface area contributed by atoms with Crippen molar-refractivity contribution in [3.05, 3.63) is 17.7 Å². The summed E-state index contributed by atoms with van der Waals surface area (Å²) in [6, 6.07) is 0. The molecule has 0 spiro atoms. The normalized spacial score (nSPS) is 10.4. The molecule has 0 unspecified atom stereocenters. The van der Waals surface area contributed by atoms with Gasteiger partial charge in [0.05, 0.1) is 5.69 Å². The van der Waals surface area contributed by atoms with Crippen LogP contribution in [0.15, 0.2) is 6.20 Å². The van der Waals surface area contributed by atoms with Crippen LogP contribution in [0, 0.1) is 0 Å². The van der Waals surface area contributed by atoms with Crippen molar-refractivity contribution in [3.8, 4) is 0 Å². The van der Waals surface area contributed by atoms with E-state index >= 15 is 0 Å². The molecule has 0 atom stereocenters. The molecule has 0 aliphatic carbocycles.